The Bertz CT molecular complexity index is 986. The highest BCUT2D eigenvalue weighted by atomic mass is 16.7. The molecular weight excluding hydrogens is 309 g/mol. The number of para-hydroxylation sites is 1. The van der Waals surface area contributed by atoms with E-state index in [1.165, 1.54) is 27.8 Å². The van der Waals surface area contributed by atoms with Crippen LogP contribution in [0.15, 0.2) is 42.5 Å². The Morgan fingerprint density at radius 3 is 2.40 bits per heavy atom. The topological polar surface area (TPSA) is 34.2 Å². The maximum absolute atomic E-state index is 6.29. The van der Waals surface area contributed by atoms with E-state index in [1.807, 2.05) is 0 Å². The number of aromatic nitrogens is 1. The molecule has 1 aromatic heterocycles. The van der Waals surface area contributed by atoms with Crippen LogP contribution >= 0.6 is 0 Å². The van der Waals surface area contributed by atoms with E-state index < -0.39 is 0 Å². The maximum Gasteiger partial charge on any atom is 0.497 e. The molecule has 0 bridgehead atoms. The van der Waals surface area contributed by atoms with E-state index in [2.05, 4.69) is 75.1 Å². The second-order valence-electron chi connectivity index (χ2n) is 8.17. The van der Waals surface area contributed by atoms with E-state index in [-0.39, 0.29) is 18.3 Å². The Labute approximate surface area is 148 Å². The normalized spacial score (nSPS) is 20.1. The van der Waals surface area contributed by atoms with Gasteiger partial charge in [0.1, 0.15) is 0 Å². The molecule has 0 radical (unpaired) electrons. The molecule has 2 aliphatic rings. The van der Waals surface area contributed by atoms with Crippen molar-refractivity contribution in [2.75, 3.05) is 0 Å². The van der Waals surface area contributed by atoms with Gasteiger partial charge in [-0.25, -0.2) is 0 Å². The van der Waals surface area contributed by atoms with E-state index in [1.54, 1.807) is 0 Å². The van der Waals surface area contributed by atoms with Gasteiger partial charge in [-0.15, -0.1) is 0 Å². The molecular formula is C21H22BNO2. The predicted octanol–water partition coefficient (Wildman–Crippen LogP) is 4.04. The molecule has 0 atom stereocenters. The first-order chi connectivity index (χ1) is 11.9. The summed E-state index contributed by atoms with van der Waals surface area (Å²) in [4.78, 5) is 3.67. The summed E-state index contributed by atoms with van der Waals surface area (Å²) in [7, 11) is -0.345. The molecule has 1 N–H and O–H groups in total. The van der Waals surface area contributed by atoms with Gasteiger partial charge in [-0.1, -0.05) is 42.5 Å². The summed E-state index contributed by atoms with van der Waals surface area (Å²) in [6, 6.07) is 15.1. The molecule has 0 unspecified atom stereocenters. The van der Waals surface area contributed by atoms with Gasteiger partial charge in [0.2, 0.25) is 0 Å². The number of hydrogen-bond acceptors (Lipinski definition) is 2. The van der Waals surface area contributed by atoms with Crippen molar-refractivity contribution in [3.63, 3.8) is 0 Å². The zero-order valence-electron chi connectivity index (χ0n) is 15.1. The Hall–Kier alpha value is -2.04. The van der Waals surface area contributed by atoms with Crippen molar-refractivity contribution >= 4 is 23.5 Å². The molecule has 0 spiro atoms. The number of aromatic amines is 1. The highest BCUT2D eigenvalue weighted by Gasteiger charge is 2.52. The van der Waals surface area contributed by atoms with Crippen molar-refractivity contribution in [2.24, 2.45) is 0 Å². The zero-order chi connectivity index (χ0) is 17.4. The van der Waals surface area contributed by atoms with Gasteiger partial charge in [0.15, 0.2) is 0 Å². The lowest BCUT2D eigenvalue weighted by atomic mass is 9.77. The number of H-pyrrole nitrogens is 1. The summed E-state index contributed by atoms with van der Waals surface area (Å²) >= 11 is 0. The lowest BCUT2D eigenvalue weighted by Crippen LogP contribution is -2.41. The third-order valence-corrected chi connectivity index (χ3v) is 6.13. The average Bonchev–Trinajstić information content (AvgIpc) is 3.15. The first-order valence-corrected chi connectivity index (χ1v) is 8.95. The molecule has 4 heteroatoms. The first-order valence-electron chi connectivity index (χ1n) is 8.95. The molecule has 126 valence electrons. The highest BCUT2D eigenvalue weighted by molar-refractivity contribution is 6.65. The quantitative estimate of drug-likeness (QED) is 0.534. The van der Waals surface area contributed by atoms with Gasteiger partial charge in [-0.3, -0.25) is 0 Å². The summed E-state index contributed by atoms with van der Waals surface area (Å²) in [6.45, 7) is 8.38. The summed E-state index contributed by atoms with van der Waals surface area (Å²) in [6.07, 6.45) is 0.984. The number of nitrogens with one attached hydrogen (secondary N) is 1. The minimum atomic E-state index is -0.345. The number of hydrogen-bond donors (Lipinski definition) is 1. The minimum absolute atomic E-state index is 0.332. The lowest BCUT2D eigenvalue weighted by Gasteiger charge is -2.32. The van der Waals surface area contributed by atoms with E-state index in [0.29, 0.717) is 0 Å². The van der Waals surface area contributed by atoms with Crippen molar-refractivity contribution in [2.45, 2.75) is 45.3 Å². The fourth-order valence-corrected chi connectivity index (χ4v) is 3.99. The first kappa shape index (κ1) is 15.2. The lowest BCUT2D eigenvalue weighted by molar-refractivity contribution is 0.00578. The largest absolute Gasteiger partial charge is 0.497 e. The second-order valence-corrected chi connectivity index (χ2v) is 8.17. The third kappa shape index (κ3) is 2.01. The maximum atomic E-state index is 6.29. The molecule has 0 amide bonds. The molecule has 25 heavy (non-hydrogen) atoms. The van der Waals surface area contributed by atoms with Gasteiger partial charge in [0, 0.05) is 28.4 Å². The standard InChI is InChI=1S/C21H22BNO2/c1-20(2)21(3,4)25-22(24-20)17-11-7-10-15-16-12-13-8-5-6-9-14(13)18(16)23-19(15)17/h5-11,23H,12H2,1-4H3. The Morgan fingerprint density at radius 2 is 1.64 bits per heavy atom. The van der Waals surface area contributed by atoms with Crippen molar-refractivity contribution in [3.05, 3.63) is 53.6 Å². The molecule has 1 saturated heterocycles. The van der Waals surface area contributed by atoms with Crippen molar-refractivity contribution in [1.82, 2.24) is 4.98 Å². The molecule has 3 aromatic rings. The third-order valence-electron chi connectivity index (χ3n) is 6.13. The van der Waals surface area contributed by atoms with Gasteiger partial charge in [-0.05, 0) is 38.8 Å². The van der Waals surface area contributed by atoms with Gasteiger partial charge in [0.25, 0.3) is 0 Å². The molecule has 1 fully saturated rings. The summed E-state index contributed by atoms with van der Waals surface area (Å²) in [5.74, 6) is 0. The van der Waals surface area contributed by atoms with Crippen molar-refractivity contribution < 1.29 is 9.31 Å². The fraction of sp³-hybridized carbons (Fsp3) is 0.333. The van der Waals surface area contributed by atoms with Crippen LogP contribution in [0.25, 0.3) is 22.2 Å². The molecule has 0 saturated carbocycles. The van der Waals surface area contributed by atoms with Gasteiger partial charge in [0.05, 0.1) is 16.9 Å². The second kappa shape index (κ2) is 4.77. The van der Waals surface area contributed by atoms with Crippen molar-refractivity contribution in [1.29, 1.82) is 0 Å². The summed E-state index contributed by atoms with van der Waals surface area (Å²) in [5, 5.41) is 1.28. The minimum Gasteiger partial charge on any atom is -0.399 e. The van der Waals surface area contributed by atoms with Crippen LogP contribution in [0, 0.1) is 0 Å². The SMILES string of the molecule is CC1(C)OB(c2cccc3c4c([nH]c23)-c2ccccc2C4)OC1(C)C. The van der Waals surface area contributed by atoms with E-state index in [0.717, 1.165) is 17.4 Å². The Morgan fingerprint density at radius 1 is 0.920 bits per heavy atom. The van der Waals surface area contributed by atoms with Gasteiger partial charge < -0.3 is 14.3 Å². The zero-order valence-corrected chi connectivity index (χ0v) is 15.1. The van der Waals surface area contributed by atoms with Crippen LogP contribution in [0.1, 0.15) is 38.8 Å². The molecule has 5 rings (SSSR count). The number of rotatable bonds is 1. The highest BCUT2D eigenvalue weighted by Crippen LogP contribution is 2.41. The predicted molar refractivity (Wildman–Crippen MR) is 102 cm³/mol. The molecule has 1 aliphatic carbocycles. The van der Waals surface area contributed by atoms with Gasteiger partial charge in [-0.2, -0.15) is 0 Å². The van der Waals surface area contributed by atoms with Crippen molar-refractivity contribution in [3.8, 4) is 11.3 Å². The van der Waals surface area contributed by atoms with Gasteiger partial charge >= 0.3 is 7.12 Å². The Kier molecular flexibility index (Phi) is 2.91. The van der Waals surface area contributed by atoms with E-state index in [9.17, 15) is 0 Å². The van der Waals surface area contributed by atoms with Crippen LogP contribution in [0.4, 0.5) is 0 Å². The molecule has 3 nitrogen and oxygen atoms in total. The van der Waals surface area contributed by atoms with Crippen LogP contribution in [0.3, 0.4) is 0 Å². The molecule has 1 aliphatic heterocycles. The summed E-state index contributed by atoms with van der Waals surface area (Å²) < 4.78 is 12.6. The fourth-order valence-electron chi connectivity index (χ4n) is 3.99. The number of fused-ring (bicyclic) bond motifs is 5. The number of benzene rings is 2. The van der Waals surface area contributed by atoms with Crippen LogP contribution in [-0.4, -0.2) is 23.3 Å². The smallest absolute Gasteiger partial charge is 0.399 e. The van der Waals surface area contributed by atoms with Crippen LogP contribution in [0.2, 0.25) is 0 Å². The Balaban J connectivity index is 1.66. The van der Waals surface area contributed by atoms with Crippen LogP contribution in [-0.2, 0) is 15.7 Å². The average molecular weight is 331 g/mol. The summed E-state index contributed by atoms with van der Waals surface area (Å²) in [5.41, 5.74) is 6.90. The van der Waals surface area contributed by atoms with Crippen LogP contribution in [0.5, 0.6) is 0 Å². The molecule has 2 aromatic carbocycles. The van der Waals surface area contributed by atoms with E-state index in [4.69, 9.17) is 9.31 Å². The monoisotopic (exact) mass is 331 g/mol. The van der Waals surface area contributed by atoms with E-state index >= 15 is 0 Å². The van der Waals surface area contributed by atoms with Crippen LogP contribution < -0.4 is 5.46 Å². The molecule has 2 heterocycles.